The maximum absolute atomic E-state index is 13.9. The first-order valence-electron chi connectivity index (χ1n) is 14.2. The number of aromatic nitrogens is 2. The number of halogens is 1. The molecule has 4 rings (SSSR count). The Morgan fingerprint density at radius 3 is 2.73 bits per heavy atom. The number of aliphatic carboxylic acids is 1. The molecule has 0 saturated carbocycles. The summed E-state index contributed by atoms with van der Waals surface area (Å²) in [6.07, 6.45) is 6.18. The van der Waals surface area contributed by atoms with Crippen molar-refractivity contribution in [3.63, 3.8) is 0 Å². The largest absolute Gasteiger partial charge is 0.492 e. The summed E-state index contributed by atoms with van der Waals surface area (Å²) in [6, 6.07) is 15.4. The monoisotopic (exact) mass is 563 g/mol. The molecule has 3 aromatic rings. The van der Waals surface area contributed by atoms with Gasteiger partial charge < -0.3 is 20.5 Å². The number of carbonyl (C=O) groups excluding carboxylic acids is 1. The van der Waals surface area contributed by atoms with E-state index in [1.807, 2.05) is 30.3 Å². The van der Waals surface area contributed by atoms with Crippen LogP contribution in [0.25, 0.3) is 0 Å². The highest BCUT2D eigenvalue weighted by Crippen LogP contribution is 2.20. The van der Waals surface area contributed by atoms with E-state index < -0.39 is 23.7 Å². The van der Waals surface area contributed by atoms with E-state index in [1.165, 1.54) is 23.9 Å². The smallest absolute Gasteiger partial charge is 0.326 e. The number of nitrogens with one attached hydrogen (secondary N) is 2. The molecule has 9 nitrogen and oxygen atoms in total. The van der Waals surface area contributed by atoms with E-state index in [1.54, 1.807) is 0 Å². The highest BCUT2D eigenvalue weighted by atomic mass is 19.1. The fourth-order valence-corrected chi connectivity index (χ4v) is 4.81. The van der Waals surface area contributed by atoms with Crippen LogP contribution in [0.3, 0.4) is 0 Å². The minimum absolute atomic E-state index is 0.0157. The van der Waals surface area contributed by atoms with Crippen LogP contribution in [0.5, 0.6) is 5.75 Å². The molecule has 3 heterocycles. The SMILES string of the molecule is O=C(Cc1ncccc1F)NC(CCN(CCCCc1ccc2c(n1)NCCC2)CCOc1ccccc1)C(=O)O. The third-order valence-electron chi connectivity index (χ3n) is 7.06. The molecule has 1 amide bonds. The first-order valence-corrected chi connectivity index (χ1v) is 14.2. The van der Waals surface area contributed by atoms with E-state index in [0.29, 0.717) is 19.7 Å². The topological polar surface area (TPSA) is 117 Å². The van der Waals surface area contributed by atoms with Gasteiger partial charge in [0.05, 0.1) is 12.1 Å². The lowest BCUT2D eigenvalue weighted by atomic mass is 10.1. The van der Waals surface area contributed by atoms with Gasteiger partial charge in [0.1, 0.15) is 30.0 Å². The predicted molar refractivity (Wildman–Crippen MR) is 154 cm³/mol. The lowest BCUT2D eigenvalue weighted by Gasteiger charge is -2.24. The second-order valence-electron chi connectivity index (χ2n) is 10.2. The number of ether oxygens (including phenoxy) is 1. The van der Waals surface area contributed by atoms with Gasteiger partial charge in [-0.15, -0.1) is 0 Å². The maximum atomic E-state index is 13.9. The number of aryl methyl sites for hydroxylation is 2. The fourth-order valence-electron chi connectivity index (χ4n) is 4.81. The first kappa shape index (κ1) is 29.9. The van der Waals surface area contributed by atoms with Gasteiger partial charge in [-0.3, -0.25) is 14.7 Å². The Morgan fingerprint density at radius 1 is 1.07 bits per heavy atom. The predicted octanol–water partition coefficient (Wildman–Crippen LogP) is 3.88. The number of carboxylic acid groups (broad SMARTS) is 1. The van der Waals surface area contributed by atoms with Crippen LogP contribution < -0.4 is 15.4 Å². The van der Waals surface area contributed by atoms with Crippen molar-refractivity contribution in [2.24, 2.45) is 0 Å². The molecule has 0 bridgehead atoms. The molecule has 0 fully saturated rings. The molecule has 3 N–H and O–H groups in total. The summed E-state index contributed by atoms with van der Waals surface area (Å²) in [7, 11) is 0. The number of amides is 1. The molecular formula is C31H38FN5O4. The Morgan fingerprint density at radius 2 is 1.93 bits per heavy atom. The molecular weight excluding hydrogens is 525 g/mol. The number of pyridine rings is 2. The van der Waals surface area contributed by atoms with Gasteiger partial charge in [-0.2, -0.15) is 0 Å². The van der Waals surface area contributed by atoms with Crippen molar-refractivity contribution in [1.82, 2.24) is 20.2 Å². The number of rotatable bonds is 16. The second-order valence-corrected chi connectivity index (χ2v) is 10.2. The lowest BCUT2D eigenvalue weighted by molar-refractivity contribution is -0.142. The Balaban J connectivity index is 1.28. The average Bonchev–Trinajstić information content (AvgIpc) is 2.98. The van der Waals surface area contributed by atoms with Crippen molar-refractivity contribution in [3.8, 4) is 5.75 Å². The number of fused-ring (bicyclic) bond motifs is 1. The Labute approximate surface area is 240 Å². The molecule has 1 aliphatic rings. The van der Waals surface area contributed by atoms with Gasteiger partial charge in [0.25, 0.3) is 0 Å². The Kier molecular flexibility index (Phi) is 11.4. The summed E-state index contributed by atoms with van der Waals surface area (Å²) < 4.78 is 19.8. The third kappa shape index (κ3) is 9.82. The van der Waals surface area contributed by atoms with Gasteiger partial charge in [0.15, 0.2) is 0 Å². The van der Waals surface area contributed by atoms with Crippen LogP contribution >= 0.6 is 0 Å². The molecule has 10 heteroatoms. The van der Waals surface area contributed by atoms with Gasteiger partial charge in [-0.1, -0.05) is 24.3 Å². The van der Waals surface area contributed by atoms with E-state index in [-0.39, 0.29) is 18.5 Å². The molecule has 41 heavy (non-hydrogen) atoms. The zero-order valence-corrected chi connectivity index (χ0v) is 23.2. The summed E-state index contributed by atoms with van der Waals surface area (Å²) in [5.74, 6) is -0.535. The van der Waals surface area contributed by atoms with Gasteiger partial charge in [-0.25, -0.2) is 14.2 Å². The van der Waals surface area contributed by atoms with Crippen LogP contribution in [0.1, 0.15) is 42.6 Å². The number of nitrogens with zero attached hydrogens (tertiary/aromatic N) is 3. The van der Waals surface area contributed by atoms with Crippen molar-refractivity contribution in [3.05, 3.63) is 83.6 Å². The number of benzene rings is 1. The van der Waals surface area contributed by atoms with Crippen molar-refractivity contribution in [2.75, 3.05) is 38.1 Å². The third-order valence-corrected chi connectivity index (χ3v) is 7.06. The first-order chi connectivity index (χ1) is 20.0. The van der Waals surface area contributed by atoms with E-state index in [4.69, 9.17) is 9.72 Å². The highest BCUT2D eigenvalue weighted by molar-refractivity contribution is 5.84. The summed E-state index contributed by atoms with van der Waals surface area (Å²) in [4.78, 5) is 35.2. The number of para-hydroxylation sites is 1. The van der Waals surface area contributed by atoms with Crippen LogP contribution in [-0.2, 0) is 28.9 Å². The van der Waals surface area contributed by atoms with Crippen molar-refractivity contribution in [2.45, 2.75) is 51.0 Å². The van der Waals surface area contributed by atoms with E-state index in [0.717, 1.165) is 62.5 Å². The quantitative estimate of drug-likeness (QED) is 0.225. The zero-order chi connectivity index (χ0) is 28.9. The lowest BCUT2D eigenvalue weighted by Crippen LogP contribution is -2.44. The minimum Gasteiger partial charge on any atom is -0.492 e. The van der Waals surface area contributed by atoms with E-state index >= 15 is 0 Å². The maximum Gasteiger partial charge on any atom is 0.326 e. The molecule has 0 radical (unpaired) electrons. The fraction of sp³-hybridized carbons (Fsp3) is 0.419. The van der Waals surface area contributed by atoms with Gasteiger partial charge in [0.2, 0.25) is 5.91 Å². The molecule has 218 valence electrons. The standard InChI is InChI=1S/C31H38FN5O4/c32-26-12-7-16-33-28(26)22-29(38)36-27(31(39)40)15-19-37(20-21-41-25-10-2-1-3-11-25)18-5-4-9-24-14-13-23-8-6-17-34-30(23)35-24/h1-3,7,10-14,16,27H,4-6,8-9,15,17-22H2,(H,34,35)(H,36,38)(H,39,40). The van der Waals surface area contributed by atoms with Crippen molar-refractivity contribution < 1.29 is 23.8 Å². The molecule has 0 aliphatic carbocycles. The number of hydrogen-bond donors (Lipinski definition) is 3. The van der Waals surface area contributed by atoms with Gasteiger partial charge in [-0.05, 0) is 81.0 Å². The highest BCUT2D eigenvalue weighted by Gasteiger charge is 2.22. The minimum atomic E-state index is -1.13. The Hall–Kier alpha value is -4.05. The van der Waals surface area contributed by atoms with Crippen LogP contribution in [-0.4, -0.2) is 70.7 Å². The van der Waals surface area contributed by atoms with Crippen molar-refractivity contribution >= 4 is 17.7 Å². The normalized spacial score (nSPS) is 13.2. The number of unbranched alkanes of at least 4 members (excludes halogenated alkanes) is 1. The second kappa shape index (κ2) is 15.7. The summed E-state index contributed by atoms with van der Waals surface area (Å²) in [5.41, 5.74) is 2.32. The average molecular weight is 564 g/mol. The molecule has 0 spiro atoms. The van der Waals surface area contributed by atoms with Gasteiger partial charge >= 0.3 is 5.97 Å². The van der Waals surface area contributed by atoms with Crippen LogP contribution in [0, 0.1) is 5.82 Å². The molecule has 1 atom stereocenters. The molecule has 1 aromatic carbocycles. The molecule has 1 unspecified atom stereocenters. The molecule has 2 aromatic heterocycles. The van der Waals surface area contributed by atoms with Crippen LogP contribution in [0.15, 0.2) is 60.8 Å². The van der Waals surface area contributed by atoms with E-state index in [9.17, 15) is 19.1 Å². The molecule has 0 saturated heterocycles. The summed E-state index contributed by atoms with van der Waals surface area (Å²) >= 11 is 0. The molecule has 1 aliphatic heterocycles. The summed E-state index contributed by atoms with van der Waals surface area (Å²) in [6.45, 7) is 3.22. The summed E-state index contributed by atoms with van der Waals surface area (Å²) in [5, 5.41) is 15.7. The number of hydrogen-bond acceptors (Lipinski definition) is 7. The van der Waals surface area contributed by atoms with Gasteiger partial charge in [0, 0.05) is 31.5 Å². The number of carbonyl (C=O) groups is 2. The Bertz CT molecular complexity index is 1280. The van der Waals surface area contributed by atoms with Crippen LogP contribution in [0.4, 0.5) is 10.2 Å². The van der Waals surface area contributed by atoms with E-state index in [2.05, 4.69) is 32.7 Å². The number of anilines is 1. The van der Waals surface area contributed by atoms with Crippen molar-refractivity contribution in [1.29, 1.82) is 0 Å². The zero-order valence-electron chi connectivity index (χ0n) is 23.2. The van der Waals surface area contributed by atoms with Crippen LogP contribution in [0.2, 0.25) is 0 Å². The number of carboxylic acids is 1.